The molecule has 0 bridgehead atoms. The number of carboxylic acids is 1. The first kappa shape index (κ1) is 15.1. The lowest BCUT2D eigenvalue weighted by Gasteiger charge is -2.11. The number of benzene rings is 1. The molecule has 0 aliphatic carbocycles. The largest absolute Gasteiger partial charge is 0.478 e. The molecular formula is C15H15ClN2O3. The van der Waals surface area contributed by atoms with Gasteiger partial charge in [0.25, 0.3) is 0 Å². The van der Waals surface area contributed by atoms with Gasteiger partial charge in [-0.25, -0.2) is 4.79 Å². The Balaban J connectivity index is 2.46. The number of rotatable bonds is 4. The average Bonchev–Trinajstić information content (AvgIpc) is 2.65. The maximum absolute atomic E-state index is 10.7. The van der Waals surface area contributed by atoms with E-state index in [2.05, 4.69) is 5.10 Å². The van der Waals surface area contributed by atoms with Gasteiger partial charge in [0.05, 0.1) is 10.7 Å². The number of carbonyl (C=O) groups is 1. The van der Waals surface area contributed by atoms with Crippen LogP contribution in [0, 0.1) is 13.8 Å². The molecule has 1 heterocycles. The predicted molar refractivity (Wildman–Crippen MR) is 80.9 cm³/mol. The fraction of sp³-hybridized carbons (Fsp3) is 0.200. The van der Waals surface area contributed by atoms with Crippen LogP contribution in [-0.2, 0) is 11.8 Å². The zero-order chi connectivity index (χ0) is 15.6. The van der Waals surface area contributed by atoms with E-state index in [0.29, 0.717) is 22.1 Å². The molecule has 1 aromatic carbocycles. The summed E-state index contributed by atoms with van der Waals surface area (Å²) in [5, 5.41) is 13.4. The lowest BCUT2D eigenvalue weighted by Crippen LogP contribution is -1.94. The van der Waals surface area contributed by atoms with Crippen LogP contribution in [-0.4, -0.2) is 20.9 Å². The lowest BCUT2D eigenvalue weighted by molar-refractivity contribution is -0.131. The van der Waals surface area contributed by atoms with E-state index in [9.17, 15) is 4.79 Å². The maximum Gasteiger partial charge on any atom is 0.328 e. The Hall–Kier alpha value is -2.27. The van der Waals surface area contributed by atoms with E-state index in [1.807, 2.05) is 20.9 Å². The third kappa shape index (κ3) is 3.25. The minimum atomic E-state index is -1.03. The molecule has 110 valence electrons. The number of ether oxygens (including phenoxy) is 1. The van der Waals surface area contributed by atoms with Gasteiger partial charge in [-0.15, -0.1) is 0 Å². The molecule has 1 aromatic heterocycles. The number of halogens is 1. The summed E-state index contributed by atoms with van der Waals surface area (Å²) >= 11 is 6.17. The van der Waals surface area contributed by atoms with E-state index < -0.39 is 5.97 Å². The van der Waals surface area contributed by atoms with Crippen molar-refractivity contribution >= 4 is 23.6 Å². The number of aryl methyl sites for hydroxylation is 2. The van der Waals surface area contributed by atoms with Crippen LogP contribution in [0.1, 0.15) is 17.0 Å². The Morgan fingerprint density at radius 3 is 2.67 bits per heavy atom. The molecule has 21 heavy (non-hydrogen) atoms. The Morgan fingerprint density at radius 1 is 1.38 bits per heavy atom. The van der Waals surface area contributed by atoms with Gasteiger partial charge in [-0.3, -0.25) is 4.68 Å². The molecule has 1 N–H and O–H groups in total. The number of para-hydroxylation sites is 1. The van der Waals surface area contributed by atoms with Gasteiger partial charge in [0.2, 0.25) is 0 Å². The van der Waals surface area contributed by atoms with Gasteiger partial charge in [-0.1, -0.05) is 23.7 Å². The Morgan fingerprint density at radius 2 is 2.10 bits per heavy atom. The zero-order valence-electron chi connectivity index (χ0n) is 11.9. The Bertz CT molecular complexity index is 720. The molecule has 2 rings (SSSR count). The number of nitrogens with zero attached hydrogens (tertiary/aromatic N) is 2. The summed E-state index contributed by atoms with van der Waals surface area (Å²) in [7, 11) is 1.83. The highest BCUT2D eigenvalue weighted by Crippen LogP contribution is 2.36. The van der Waals surface area contributed by atoms with Gasteiger partial charge in [-0.2, -0.15) is 5.10 Å². The molecule has 6 heteroatoms. The summed E-state index contributed by atoms with van der Waals surface area (Å²) in [5.74, 6) is 0.00102. The van der Waals surface area contributed by atoms with Crippen LogP contribution < -0.4 is 4.74 Å². The first-order valence-electron chi connectivity index (χ1n) is 6.27. The molecule has 5 nitrogen and oxygen atoms in total. The highest BCUT2D eigenvalue weighted by molar-refractivity contribution is 6.32. The summed E-state index contributed by atoms with van der Waals surface area (Å²) in [5.41, 5.74) is 2.19. The van der Waals surface area contributed by atoms with Crippen molar-refractivity contribution in [3.63, 3.8) is 0 Å². The van der Waals surface area contributed by atoms with E-state index in [1.165, 1.54) is 6.08 Å². The topological polar surface area (TPSA) is 64.4 Å². The third-order valence-corrected chi connectivity index (χ3v) is 3.35. The van der Waals surface area contributed by atoms with Gasteiger partial charge >= 0.3 is 5.97 Å². The van der Waals surface area contributed by atoms with Crippen LogP contribution >= 0.6 is 11.6 Å². The Kier molecular flexibility index (Phi) is 4.33. The van der Waals surface area contributed by atoms with E-state index in [1.54, 1.807) is 22.9 Å². The molecule has 0 aliphatic heterocycles. The second-order valence-corrected chi connectivity index (χ2v) is 4.96. The number of hydrogen-bond donors (Lipinski definition) is 1. The number of carboxylic acid groups (broad SMARTS) is 1. The van der Waals surface area contributed by atoms with Crippen molar-refractivity contribution in [2.24, 2.45) is 7.05 Å². The maximum atomic E-state index is 10.7. The fourth-order valence-corrected chi connectivity index (χ4v) is 2.15. The molecule has 0 fully saturated rings. The van der Waals surface area contributed by atoms with Crippen molar-refractivity contribution in [1.29, 1.82) is 0 Å². The second-order valence-electron chi connectivity index (χ2n) is 4.56. The Labute approximate surface area is 127 Å². The second kappa shape index (κ2) is 6.01. The molecule has 0 amide bonds. The smallest absolute Gasteiger partial charge is 0.328 e. The van der Waals surface area contributed by atoms with Crippen LogP contribution in [0.25, 0.3) is 6.08 Å². The van der Waals surface area contributed by atoms with E-state index in [4.69, 9.17) is 21.4 Å². The number of hydrogen-bond acceptors (Lipinski definition) is 3. The highest BCUT2D eigenvalue weighted by Gasteiger charge is 2.15. The summed E-state index contributed by atoms with van der Waals surface area (Å²) in [6, 6.07) is 5.16. The quantitative estimate of drug-likeness (QED) is 0.877. The number of aliphatic carboxylic acids is 1. The van der Waals surface area contributed by atoms with Crippen molar-refractivity contribution in [3.8, 4) is 11.5 Å². The van der Waals surface area contributed by atoms with Crippen LogP contribution in [0.3, 0.4) is 0 Å². The molecule has 0 atom stereocenters. The SMILES string of the molecule is Cc1nn(C)c(C)c1Oc1c(Cl)cccc1/C=C/C(=O)O. The van der Waals surface area contributed by atoms with Gasteiger partial charge in [0.15, 0.2) is 11.5 Å². The van der Waals surface area contributed by atoms with Gasteiger partial charge in [0, 0.05) is 18.7 Å². The van der Waals surface area contributed by atoms with Crippen molar-refractivity contribution in [1.82, 2.24) is 9.78 Å². The number of aromatic nitrogens is 2. The molecule has 2 aromatic rings. The summed E-state index contributed by atoms with van der Waals surface area (Å²) < 4.78 is 7.61. The van der Waals surface area contributed by atoms with Crippen LogP contribution in [0.15, 0.2) is 24.3 Å². The average molecular weight is 307 g/mol. The molecule has 0 aliphatic rings. The standard InChI is InChI=1S/C15H15ClN2O3/c1-9-14(10(2)18(3)17-9)21-15-11(7-8-13(19)20)5-4-6-12(15)16/h4-8H,1-3H3,(H,19,20)/b8-7+. The summed E-state index contributed by atoms with van der Waals surface area (Å²) in [6.45, 7) is 3.73. The molecule has 0 unspecified atom stereocenters. The monoisotopic (exact) mass is 306 g/mol. The molecule has 0 spiro atoms. The normalized spacial score (nSPS) is 11.0. The minimum absolute atomic E-state index is 0.408. The third-order valence-electron chi connectivity index (χ3n) is 3.05. The van der Waals surface area contributed by atoms with Crippen molar-refractivity contribution in [2.45, 2.75) is 13.8 Å². The molecular weight excluding hydrogens is 292 g/mol. The van der Waals surface area contributed by atoms with E-state index in [0.717, 1.165) is 17.5 Å². The predicted octanol–water partition coefficient (Wildman–Crippen LogP) is 3.58. The van der Waals surface area contributed by atoms with Crippen LogP contribution in [0.4, 0.5) is 0 Å². The van der Waals surface area contributed by atoms with Crippen molar-refractivity contribution < 1.29 is 14.6 Å². The van der Waals surface area contributed by atoms with Crippen molar-refractivity contribution in [3.05, 3.63) is 46.2 Å². The van der Waals surface area contributed by atoms with Gasteiger partial charge in [-0.05, 0) is 26.0 Å². The molecule has 0 saturated carbocycles. The minimum Gasteiger partial charge on any atom is -0.478 e. The van der Waals surface area contributed by atoms with E-state index in [-0.39, 0.29) is 0 Å². The van der Waals surface area contributed by atoms with Crippen LogP contribution in [0.5, 0.6) is 11.5 Å². The fourth-order valence-electron chi connectivity index (χ4n) is 1.93. The van der Waals surface area contributed by atoms with Gasteiger partial charge < -0.3 is 9.84 Å². The summed E-state index contributed by atoms with van der Waals surface area (Å²) in [6.07, 6.45) is 2.49. The molecule has 0 radical (unpaired) electrons. The van der Waals surface area contributed by atoms with Crippen LogP contribution in [0.2, 0.25) is 5.02 Å². The first-order chi connectivity index (χ1) is 9.90. The first-order valence-corrected chi connectivity index (χ1v) is 6.65. The highest BCUT2D eigenvalue weighted by atomic mass is 35.5. The van der Waals surface area contributed by atoms with E-state index >= 15 is 0 Å². The summed E-state index contributed by atoms with van der Waals surface area (Å²) in [4.78, 5) is 10.7. The molecule has 0 saturated heterocycles. The lowest BCUT2D eigenvalue weighted by atomic mass is 10.2. The van der Waals surface area contributed by atoms with Gasteiger partial charge in [0.1, 0.15) is 5.69 Å². The zero-order valence-corrected chi connectivity index (χ0v) is 12.7. The van der Waals surface area contributed by atoms with Crippen molar-refractivity contribution in [2.75, 3.05) is 0 Å².